The van der Waals surface area contributed by atoms with Crippen molar-refractivity contribution in [1.82, 2.24) is 20.3 Å². The highest BCUT2D eigenvalue weighted by Gasteiger charge is 2.00. The van der Waals surface area contributed by atoms with Crippen molar-refractivity contribution in [3.63, 3.8) is 0 Å². The molecule has 102 valence electrons. The number of unbranched alkanes of at least 4 members (excludes halogenated alkanes) is 1. The van der Waals surface area contributed by atoms with Gasteiger partial charge < -0.3 is 16.2 Å². The number of nitrogens with one attached hydrogen (secondary N) is 1. The molecule has 0 aliphatic heterocycles. The predicted octanol–water partition coefficient (Wildman–Crippen LogP) is -0.594. The Morgan fingerprint density at radius 3 is 3.00 bits per heavy atom. The van der Waals surface area contributed by atoms with Crippen molar-refractivity contribution < 1.29 is 9.90 Å². The average molecular weight is 255 g/mol. The molecule has 1 amide bonds. The number of nitrogens with two attached hydrogens (primary N) is 1. The van der Waals surface area contributed by atoms with Crippen molar-refractivity contribution in [2.24, 2.45) is 5.73 Å². The van der Waals surface area contributed by atoms with E-state index in [1.54, 1.807) is 4.68 Å². The molecule has 0 aliphatic rings. The third kappa shape index (κ3) is 6.31. The van der Waals surface area contributed by atoms with Crippen molar-refractivity contribution >= 4 is 5.91 Å². The summed E-state index contributed by atoms with van der Waals surface area (Å²) in [4.78, 5) is 10.5. The first-order valence-electron chi connectivity index (χ1n) is 6.21. The van der Waals surface area contributed by atoms with E-state index in [1.165, 1.54) is 0 Å². The SMILES string of the molecule is NC(=O)CCCCNCc1cn(CCCO)nn1. The third-order valence-electron chi connectivity index (χ3n) is 2.46. The van der Waals surface area contributed by atoms with Crippen molar-refractivity contribution in [1.29, 1.82) is 0 Å². The molecule has 4 N–H and O–H groups in total. The number of primary amides is 1. The van der Waals surface area contributed by atoms with Crippen LogP contribution in [0.5, 0.6) is 0 Å². The molecular formula is C11H21N5O2. The van der Waals surface area contributed by atoms with E-state index in [2.05, 4.69) is 15.6 Å². The van der Waals surface area contributed by atoms with Gasteiger partial charge in [0.15, 0.2) is 0 Å². The molecule has 7 heteroatoms. The second-order valence-electron chi connectivity index (χ2n) is 4.15. The Hall–Kier alpha value is -1.47. The quantitative estimate of drug-likeness (QED) is 0.484. The molecule has 0 atom stereocenters. The van der Waals surface area contributed by atoms with Gasteiger partial charge in [-0.1, -0.05) is 5.21 Å². The highest BCUT2D eigenvalue weighted by molar-refractivity contribution is 5.73. The van der Waals surface area contributed by atoms with E-state index in [0.717, 1.165) is 25.1 Å². The summed E-state index contributed by atoms with van der Waals surface area (Å²) in [5.74, 6) is -0.248. The Morgan fingerprint density at radius 1 is 1.44 bits per heavy atom. The van der Waals surface area contributed by atoms with E-state index in [1.807, 2.05) is 6.20 Å². The Labute approximate surface area is 106 Å². The van der Waals surface area contributed by atoms with Gasteiger partial charge in [-0.3, -0.25) is 9.48 Å². The number of aliphatic hydroxyl groups is 1. The second-order valence-corrected chi connectivity index (χ2v) is 4.15. The van der Waals surface area contributed by atoms with E-state index >= 15 is 0 Å². The number of hydrogen-bond donors (Lipinski definition) is 3. The second kappa shape index (κ2) is 8.60. The average Bonchev–Trinajstić information content (AvgIpc) is 2.78. The van der Waals surface area contributed by atoms with Crippen LogP contribution in [0, 0.1) is 0 Å². The summed E-state index contributed by atoms with van der Waals surface area (Å²) in [6.45, 7) is 2.34. The molecule has 0 bridgehead atoms. The van der Waals surface area contributed by atoms with Crippen molar-refractivity contribution in [2.75, 3.05) is 13.2 Å². The lowest BCUT2D eigenvalue weighted by Gasteiger charge is -2.01. The number of nitrogens with zero attached hydrogens (tertiary/aromatic N) is 3. The highest BCUT2D eigenvalue weighted by Crippen LogP contribution is 1.96. The molecule has 0 saturated heterocycles. The van der Waals surface area contributed by atoms with Crippen LogP contribution in [0.15, 0.2) is 6.20 Å². The normalized spacial score (nSPS) is 10.7. The first-order valence-corrected chi connectivity index (χ1v) is 6.21. The Kier molecular flexibility index (Phi) is 6.97. The Bertz CT molecular complexity index is 353. The molecule has 1 rings (SSSR count). The van der Waals surface area contributed by atoms with Gasteiger partial charge in [-0.05, 0) is 25.8 Å². The summed E-state index contributed by atoms with van der Waals surface area (Å²) >= 11 is 0. The number of rotatable bonds is 10. The Balaban J connectivity index is 2.08. The lowest BCUT2D eigenvalue weighted by atomic mass is 10.2. The van der Waals surface area contributed by atoms with E-state index in [4.69, 9.17) is 10.8 Å². The van der Waals surface area contributed by atoms with E-state index in [-0.39, 0.29) is 12.5 Å². The lowest BCUT2D eigenvalue weighted by Crippen LogP contribution is -2.16. The minimum Gasteiger partial charge on any atom is -0.396 e. The number of aromatic nitrogens is 3. The molecular weight excluding hydrogens is 234 g/mol. The van der Waals surface area contributed by atoms with Crippen LogP contribution in [-0.2, 0) is 17.9 Å². The van der Waals surface area contributed by atoms with Crippen molar-refractivity contribution in [3.05, 3.63) is 11.9 Å². The summed E-state index contributed by atoms with van der Waals surface area (Å²) in [7, 11) is 0. The van der Waals surface area contributed by atoms with Gasteiger partial charge in [0.1, 0.15) is 0 Å². The van der Waals surface area contributed by atoms with Crippen LogP contribution in [0.3, 0.4) is 0 Å². The van der Waals surface area contributed by atoms with Gasteiger partial charge in [0.05, 0.1) is 5.69 Å². The molecule has 7 nitrogen and oxygen atoms in total. The molecule has 0 aliphatic carbocycles. The van der Waals surface area contributed by atoms with Gasteiger partial charge in [-0.25, -0.2) is 0 Å². The van der Waals surface area contributed by atoms with Crippen LogP contribution in [0.1, 0.15) is 31.4 Å². The van der Waals surface area contributed by atoms with Crippen LogP contribution in [0.2, 0.25) is 0 Å². The lowest BCUT2D eigenvalue weighted by molar-refractivity contribution is -0.118. The number of carbonyl (C=O) groups excluding carboxylic acids is 1. The zero-order chi connectivity index (χ0) is 13.2. The van der Waals surface area contributed by atoms with Gasteiger partial charge in [0, 0.05) is 32.3 Å². The van der Waals surface area contributed by atoms with Crippen LogP contribution >= 0.6 is 0 Å². The fourth-order valence-corrected chi connectivity index (χ4v) is 1.53. The third-order valence-corrected chi connectivity index (χ3v) is 2.46. The number of carbonyl (C=O) groups is 1. The minimum atomic E-state index is -0.248. The van der Waals surface area contributed by atoms with Gasteiger partial charge >= 0.3 is 0 Å². The minimum absolute atomic E-state index is 0.160. The van der Waals surface area contributed by atoms with Gasteiger partial charge in [0.2, 0.25) is 5.91 Å². The van der Waals surface area contributed by atoms with E-state index in [0.29, 0.717) is 25.9 Å². The molecule has 0 aromatic carbocycles. The number of hydrogen-bond acceptors (Lipinski definition) is 5. The monoisotopic (exact) mass is 255 g/mol. The summed E-state index contributed by atoms with van der Waals surface area (Å²) in [5.41, 5.74) is 5.92. The zero-order valence-electron chi connectivity index (χ0n) is 10.5. The first-order chi connectivity index (χ1) is 8.72. The smallest absolute Gasteiger partial charge is 0.217 e. The number of aliphatic hydroxyl groups excluding tert-OH is 1. The molecule has 1 aromatic heterocycles. The first kappa shape index (κ1) is 14.6. The number of amides is 1. The number of aryl methyl sites for hydroxylation is 1. The largest absolute Gasteiger partial charge is 0.396 e. The fraction of sp³-hybridized carbons (Fsp3) is 0.727. The topological polar surface area (TPSA) is 106 Å². The molecule has 0 spiro atoms. The fourth-order valence-electron chi connectivity index (χ4n) is 1.53. The Morgan fingerprint density at radius 2 is 2.28 bits per heavy atom. The summed E-state index contributed by atoms with van der Waals surface area (Å²) < 4.78 is 1.72. The molecule has 18 heavy (non-hydrogen) atoms. The maximum absolute atomic E-state index is 10.5. The van der Waals surface area contributed by atoms with Gasteiger partial charge in [-0.15, -0.1) is 5.10 Å². The molecule has 0 radical (unpaired) electrons. The van der Waals surface area contributed by atoms with Crippen LogP contribution < -0.4 is 11.1 Å². The predicted molar refractivity (Wildman–Crippen MR) is 66.5 cm³/mol. The summed E-state index contributed by atoms with van der Waals surface area (Å²) in [6.07, 6.45) is 4.72. The molecule has 0 saturated carbocycles. The standard InChI is InChI=1S/C11H21N5O2/c12-11(18)4-1-2-5-13-8-10-9-16(15-14-10)6-3-7-17/h9,13,17H,1-8H2,(H2,12,18). The van der Waals surface area contributed by atoms with Crippen LogP contribution in [0.25, 0.3) is 0 Å². The molecule has 1 aromatic rings. The van der Waals surface area contributed by atoms with Crippen LogP contribution in [-0.4, -0.2) is 39.2 Å². The highest BCUT2D eigenvalue weighted by atomic mass is 16.3. The maximum Gasteiger partial charge on any atom is 0.217 e. The van der Waals surface area contributed by atoms with Gasteiger partial charge in [0.25, 0.3) is 0 Å². The zero-order valence-corrected chi connectivity index (χ0v) is 10.5. The van der Waals surface area contributed by atoms with E-state index < -0.39 is 0 Å². The van der Waals surface area contributed by atoms with E-state index in [9.17, 15) is 4.79 Å². The summed E-state index contributed by atoms with van der Waals surface area (Å²) in [5, 5.41) is 19.9. The maximum atomic E-state index is 10.5. The van der Waals surface area contributed by atoms with Crippen molar-refractivity contribution in [2.45, 2.75) is 38.8 Å². The molecule has 1 heterocycles. The van der Waals surface area contributed by atoms with Crippen molar-refractivity contribution in [3.8, 4) is 0 Å². The van der Waals surface area contributed by atoms with Crippen LogP contribution in [0.4, 0.5) is 0 Å². The van der Waals surface area contributed by atoms with Gasteiger partial charge in [-0.2, -0.15) is 0 Å². The molecule has 0 fully saturated rings. The molecule has 0 unspecified atom stereocenters. The summed E-state index contributed by atoms with van der Waals surface area (Å²) in [6, 6.07) is 0.